The number of anilines is 1. The number of benzene rings is 1. The molecule has 0 saturated carbocycles. The summed E-state index contributed by atoms with van der Waals surface area (Å²) in [4.78, 5) is 22.9. The maximum atomic E-state index is 12.1. The third-order valence-electron chi connectivity index (χ3n) is 3.21. The molecule has 1 atom stereocenters. The first-order chi connectivity index (χ1) is 12.0. The van der Waals surface area contributed by atoms with Gasteiger partial charge in [0.05, 0.1) is 4.90 Å². The topological polar surface area (TPSA) is 157 Å². The van der Waals surface area contributed by atoms with Crippen molar-refractivity contribution in [1.29, 1.82) is 5.26 Å². The lowest BCUT2D eigenvalue weighted by molar-refractivity contribution is -0.141. The van der Waals surface area contributed by atoms with Crippen molar-refractivity contribution >= 4 is 27.7 Å². The summed E-state index contributed by atoms with van der Waals surface area (Å²) >= 11 is 0. The van der Waals surface area contributed by atoms with Crippen molar-refractivity contribution in [2.75, 3.05) is 5.32 Å². The molecule has 0 aliphatic heterocycles. The Bertz CT molecular complexity index is 838. The summed E-state index contributed by atoms with van der Waals surface area (Å²) in [5, 5.41) is 23.1. The summed E-state index contributed by atoms with van der Waals surface area (Å²) in [5.74, 6) is -2.01. The average Bonchev–Trinajstić information content (AvgIpc) is 2.54. The molecule has 0 fully saturated rings. The van der Waals surface area contributed by atoms with Crippen molar-refractivity contribution in [1.82, 2.24) is 5.32 Å². The molecule has 0 saturated heterocycles. The molecule has 10 heteroatoms. The summed E-state index contributed by atoms with van der Waals surface area (Å²) in [6.07, 6.45) is 1.29. The highest BCUT2D eigenvalue weighted by atomic mass is 32.2. The van der Waals surface area contributed by atoms with Crippen molar-refractivity contribution < 1.29 is 27.7 Å². The maximum absolute atomic E-state index is 12.1. The highest BCUT2D eigenvalue weighted by Gasteiger charge is 2.22. The molecule has 1 rings (SSSR count). The van der Waals surface area contributed by atoms with E-state index in [1.54, 1.807) is 19.9 Å². The molecule has 1 unspecified atom stereocenters. The Hall–Kier alpha value is -2.90. The molecule has 0 aliphatic carbocycles. The van der Waals surface area contributed by atoms with Crippen LogP contribution in [0.3, 0.4) is 0 Å². The lowest BCUT2D eigenvalue weighted by atomic mass is 10.0. The number of nitrogens with one attached hydrogen (secondary N) is 2. The van der Waals surface area contributed by atoms with Gasteiger partial charge < -0.3 is 15.7 Å². The van der Waals surface area contributed by atoms with E-state index >= 15 is 0 Å². The molecule has 0 aliphatic rings. The fraction of sp³-hybridized carbons (Fsp3) is 0.312. The number of hydrogen-bond acceptors (Lipinski definition) is 6. The van der Waals surface area contributed by atoms with Gasteiger partial charge in [0.25, 0.3) is 16.0 Å². The number of aliphatic carboxylic acids is 1. The van der Waals surface area contributed by atoms with Gasteiger partial charge in [-0.25, -0.2) is 4.79 Å². The molecule has 1 aromatic carbocycles. The second kappa shape index (κ2) is 8.98. The van der Waals surface area contributed by atoms with Crippen LogP contribution in [0.1, 0.15) is 20.3 Å². The first kappa shape index (κ1) is 21.1. The van der Waals surface area contributed by atoms with E-state index in [9.17, 15) is 18.0 Å². The van der Waals surface area contributed by atoms with Gasteiger partial charge in [-0.2, -0.15) is 13.7 Å². The van der Waals surface area contributed by atoms with Crippen LogP contribution in [-0.2, 0) is 19.7 Å². The van der Waals surface area contributed by atoms with Crippen LogP contribution in [0.4, 0.5) is 5.69 Å². The second-order valence-electron chi connectivity index (χ2n) is 5.81. The normalized spacial score (nSPS) is 13.0. The minimum atomic E-state index is -4.32. The van der Waals surface area contributed by atoms with E-state index in [-0.39, 0.29) is 22.8 Å². The molecule has 4 N–H and O–H groups in total. The minimum absolute atomic E-state index is 0.0327. The van der Waals surface area contributed by atoms with Gasteiger partial charge in [-0.05, 0) is 36.6 Å². The van der Waals surface area contributed by atoms with E-state index in [2.05, 4.69) is 10.6 Å². The molecule has 26 heavy (non-hydrogen) atoms. The molecule has 1 amide bonds. The molecule has 0 aromatic heterocycles. The lowest BCUT2D eigenvalue weighted by Crippen LogP contribution is -2.42. The molecule has 0 bridgehead atoms. The SMILES string of the molecule is CC(C)CC(NC(=O)/C(C#N)=C\Nc1ccc(S(=O)(=O)O)cc1)C(=O)O. The van der Waals surface area contributed by atoms with E-state index in [1.165, 1.54) is 12.1 Å². The van der Waals surface area contributed by atoms with E-state index < -0.39 is 28.0 Å². The average molecular weight is 381 g/mol. The predicted octanol–water partition coefficient (Wildman–Crippen LogP) is 1.37. The Morgan fingerprint density at radius 2 is 1.85 bits per heavy atom. The van der Waals surface area contributed by atoms with Crippen LogP contribution in [0.5, 0.6) is 0 Å². The van der Waals surface area contributed by atoms with Crippen molar-refractivity contribution in [2.45, 2.75) is 31.2 Å². The number of nitriles is 1. The predicted molar refractivity (Wildman–Crippen MR) is 92.6 cm³/mol. The number of amides is 1. The molecule has 0 heterocycles. The first-order valence-electron chi connectivity index (χ1n) is 7.52. The van der Waals surface area contributed by atoms with Gasteiger partial charge in [0.1, 0.15) is 17.7 Å². The quantitative estimate of drug-likeness (QED) is 0.299. The molecular weight excluding hydrogens is 362 g/mol. The van der Waals surface area contributed by atoms with E-state index in [0.29, 0.717) is 5.69 Å². The number of carbonyl (C=O) groups is 2. The van der Waals surface area contributed by atoms with Gasteiger partial charge in [0, 0.05) is 11.9 Å². The Balaban J connectivity index is 2.85. The summed E-state index contributed by atoms with van der Waals surface area (Å²) in [5.41, 5.74) is 0.00813. The van der Waals surface area contributed by atoms with Crippen molar-refractivity contribution in [3.8, 4) is 6.07 Å². The summed E-state index contributed by atoms with van der Waals surface area (Å²) in [6, 6.07) is 5.47. The Morgan fingerprint density at radius 1 is 1.27 bits per heavy atom. The Kier molecular flexibility index (Phi) is 7.30. The summed E-state index contributed by atoms with van der Waals surface area (Å²) in [7, 11) is -4.32. The number of carbonyl (C=O) groups excluding carboxylic acids is 1. The number of hydrogen-bond donors (Lipinski definition) is 4. The first-order valence-corrected chi connectivity index (χ1v) is 8.96. The number of carboxylic acid groups (broad SMARTS) is 1. The van der Waals surface area contributed by atoms with Gasteiger partial charge in [0.15, 0.2) is 0 Å². The largest absolute Gasteiger partial charge is 0.480 e. The van der Waals surface area contributed by atoms with Crippen LogP contribution in [0, 0.1) is 17.2 Å². The third-order valence-corrected chi connectivity index (χ3v) is 4.08. The molecule has 0 spiro atoms. The fourth-order valence-corrected chi connectivity index (χ4v) is 2.44. The number of carboxylic acids is 1. The summed E-state index contributed by atoms with van der Waals surface area (Å²) < 4.78 is 30.8. The Labute approximate surface area is 151 Å². The monoisotopic (exact) mass is 381 g/mol. The lowest BCUT2D eigenvalue weighted by Gasteiger charge is -2.16. The van der Waals surface area contributed by atoms with Gasteiger partial charge in [-0.15, -0.1) is 0 Å². The fourth-order valence-electron chi connectivity index (χ4n) is 1.96. The molecule has 0 radical (unpaired) electrons. The smallest absolute Gasteiger partial charge is 0.326 e. The van der Waals surface area contributed by atoms with Crippen LogP contribution in [-0.4, -0.2) is 36.0 Å². The van der Waals surface area contributed by atoms with Crippen LogP contribution >= 0.6 is 0 Å². The second-order valence-corrected chi connectivity index (χ2v) is 7.23. The van der Waals surface area contributed by atoms with Crippen molar-refractivity contribution in [3.63, 3.8) is 0 Å². The Morgan fingerprint density at radius 3 is 2.27 bits per heavy atom. The molecule has 1 aromatic rings. The highest BCUT2D eigenvalue weighted by molar-refractivity contribution is 7.85. The van der Waals surface area contributed by atoms with Crippen LogP contribution < -0.4 is 10.6 Å². The van der Waals surface area contributed by atoms with Gasteiger partial charge in [-0.3, -0.25) is 9.35 Å². The van der Waals surface area contributed by atoms with E-state index in [1.807, 2.05) is 0 Å². The van der Waals surface area contributed by atoms with Gasteiger partial charge >= 0.3 is 5.97 Å². The summed E-state index contributed by atoms with van der Waals surface area (Å²) in [6.45, 7) is 3.61. The zero-order valence-electron chi connectivity index (χ0n) is 14.1. The standard InChI is InChI=1S/C16H19N3O6S/c1-10(2)7-14(16(21)22)19-15(20)11(8-17)9-18-12-3-5-13(6-4-12)26(23,24)25/h3-6,9-10,14,18H,7H2,1-2H3,(H,19,20)(H,21,22)(H,23,24,25)/b11-9-. The minimum Gasteiger partial charge on any atom is -0.480 e. The maximum Gasteiger partial charge on any atom is 0.326 e. The molecule has 140 valence electrons. The zero-order valence-corrected chi connectivity index (χ0v) is 14.9. The zero-order chi connectivity index (χ0) is 19.9. The van der Waals surface area contributed by atoms with Crippen molar-refractivity contribution in [3.05, 3.63) is 36.0 Å². The molecule has 9 nitrogen and oxygen atoms in total. The highest BCUT2D eigenvalue weighted by Crippen LogP contribution is 2.14. The third kappa shape index (κ3) is 6.54. The number of nitrogens with zero attached hydrogens (tertiary/aromatic N) is 1. The molecular formula is C16H19N3O6S. The van der Waals surface area contributed by atoms with Gasteiger partial charge in [-0.1, -0.05) is 13.8 Å². The van der Waals surface area contributed by atoms with Crippen molar-refractivity contribution in [2.24, 2.45) is 5.92 Å². The van der Waals surface area contributed by atoms with Crippen LogP contribution in [0.25, 0.3) is 0 Å². The van der Waals surface area contributed by atoms with E-state index in [4.69, 9.17) is 14.9 Å². The van der Waals surface area contributed by atoms with E-state index in [0.717, 1.165) is 18.3 Å². The van der Waals surface area contributed by atoms with Crippen LogP contribution in [0.15, 0.2) is 40.9 Å². The number of rotatable bonds is 8. The van der Waals surface area contributed by atoms with Gasteiger partial charge in [0.2, 0.25) is 0 Å². The van der Waals surface area contributed by atoms with Crippen LogP contribution in [0.2, 0.25) is 0 Å².